The predicted octanol–water partition coefficient (Wildman–Crippen LogP) is 3.69. The lowest BCUT2D eigenvalue weighted by molar-refractivity contribution is -0.145. The molecule has 3 fully saturated rings. The molecule has 1 heterocycles. The SMILES string of the molecule is C=CCC[C@H](NC(=O)[C@@H]1[C@@H]2[C@H](CN1C(=O)[C@@H](NC(=O)OC(C)(C)C)C1CCCCC1)C2(C)C)C(=O)C(=O)NCCS(=O)(=O)Cc1ccccc1. The van der Waals surface area contributed by atoms with Gasteiger partial charge in [-0.15, -0.1) is 6.58 Å². The molecule has 0 spiro atoms. The van der Waals surface area contributed by atoms with Crippen LogP contribution < -0.4 is 16.0 Å². The first-order chi connectivity index (χ1) is 23.4. The summed E-state index contributed by atoms with van der Waals surface area (Å²) >= 11 is 0. The van der Waals surface area contributed by atoms with Gasteiger partial charge in [-0.2, -0.15) is 0 Å². The van der Waals surface area contributed by atoms with Crippen molar-refractivity contribution in [3.63, 3.8) is 0 Å². The molecule has 50 heavy (non-hydrogen) atoms. The third kappa shape index (κ3) is 9.95. The smallest absolute Gasteiger partial charge is 0.408 e. The Hall–Kier alpha value is -3.74. The van der Waals surface area contributed by atoms with Crippen molar-refractivity contribution < 1.29 is 37.1 Å². The number of Topliss-reactive ketones (excluding diaryl/α,β-unsaturated/α-hetero) is 1. The first-order valence-electron chi connectivity index (χ1n) is 17.7. The van der Waals surface area contributed by atoms with Crippen LogP contribution in [0.2, 0.25) is 0 Å². The summed E-state index contributed by atoms with van der Waals surface area (Å²) < 4.78 is 30.7. The summed E-state index contributed by atoms with van der Waals surface area (Å²) in [6.07, 6.45) is 5.73. The molecule has 0 bridgehead atoms. The van der Waals surface area contributed by atoms with Gasteiger partial charge in [-0.25, -0.2) is 13.2 Å². The maximum absolute atomic E-state index is 14.3. The summed E-state index contributed by atoms with van der Waals surface area (Å²) in [5.41, 5.74) is -0.365. The number of hydrogen-bond donors (Lipinski definition) is 3. The first kappa shape index (κ1) is 39.1. The highest BCUT2D eigenvalue weighted by molar-refractivity contribution is 7.90. The number of carbonyl (C=O) groups excluding carboxylic acids is 5. The van der Waals surface area contributed by atoms with Gasteiger partial charge in [-0.1, -0.05) is 69.5 Å². The van der Waals surface area contributed by atoms with Crippen molar-refractivity contribution in [2.24, 2.45) is 23.2 Å². The number of rotatable bonds is 15. The van der Waals surface area contributed by atoms with E-state index in [1.807, 2.05) is 13.8 Å². The van der Waals surface area contributed by atoms with Crippen LogP contribution in [0.4, 0.5) is 4.79 Å². The van der Waals surface area contributed by atoms with Gasteiger partial charge in [-0.05, 0) is 75.2 Å². The number of nitrogens with one attached hydrogen (secondary N) is 3. The number of amides is 4. The van der Waals surface area contributed by atoms with Crippen LogP contribution in [0.15, 0.2) is 43.0 Å². The number of likely N-dealkylation sites (tertiary alicyclic amines) is 1. The largest absolute Gasteiger partial charge is 0.444 e. The van der Waals surface area contributed by atoms with E-state index in [0.29, 0.717) is 18.5 Å². The molecule has 276 valence electrons. The lowest BCUT2D eigenvalue weighted by Gasteiger charge is -2.37. The van der Waals surface area contributed by atoms with E-state index in [2.05, 4.69) is 22.5 Å². The minimum atomic E-state index is -3.56. The molecule has 0 aromatic heterocycles. The number of fused-ring (bicyclic) bond motifs is 1. The number of carbonyl (C=O) groups is 5. The summed E-state index contributed by atoms with van der Waals surface area (Å²) in [4.78, 5) is 69.2. The van der Waals surface area contributed by atoms with E-state index in [0.717, 1.165) is 32.1 Å². The van der Waals surface area contributed by atoms with Crippen LogP contribution in [0, 0.1) is 23.2 Å². The fraction of sp³-hybridized carbons (Fsp3) is 0.649. The monoisotopic (exact) mass is 714 g/mol. The quantitative estimate of drug-likeness (QED) is 0.183. The first-order valence-corrected chi connectivity index (χ1v) is 19.5. The molecule has 2 saturated carbocycles. The molecule has 12 nitrogen and oxygen atoms in total. The molecule has 13 heteroatoms. The van der Waals surface area contributed by atoms with Crippen molar-refractivity contribution in [3.8, 4) is 0 Å². The molecule has 3 aliphatic rings. The Balaban J connectivity index is 1.46. The molecule has 1 aliphatic heterocycles. The molecular weight excluding hydrogens is 660 g/mol. The summed E-state index contributed by atoms with van der Waals surface area (Å²) in [5.74, 6) is -3.59. The molecule has 1 aromatic rings. The molecule has 1 saturated heterocycles. The standard InChI is InChI=1S/C37H54N4O8S/c1-7-8-19-27(31(42)33(44)38-20-21-50(47,48)23-24-15-11-9-12-16-24)39-32(43)30-28-26(37(28,5)6)22-41(30)34(45)29(25-17-13-10-14-18-25)40-35(46)49-36(2,3)4/h7,9,11-12,15-16,25-30H,1,8,10,13-14,17-23H2,2-6H3,(H,38,44)(H,39,43)(H,40,46)/t26-,27-,28-,29-,30-/m0/s1. The molecule has 4 amide bonds. The summed E-state index contributed by atoms with van der Waals surface area (Å²) in [5, 5.41) is 8.00. The van der Waals surface area contributed by atoms with Gasteiger partial charge in [0.25, 0.3) is 5.91 Å². The van der Waals surface area contributed by atoms with Gasteiger partial charge in [0, 0.05) is 13.1 Å². The minimum Gasteiger partial charge on any atom is -0.444 e. The second-order valence-corrected chi connectivity index (χ2v) is 17.7. The number of sulfone groups is 1. The van der Waals surface area contributed by atoms with E-state index in [4.69, 9.17) is 4.74 Å². The highest BCUT2D eigenvalue weighted by Crippen LogP contribution is 2.65. The third-order valence-corrected chi connectivity index (χ3v) is 11.9. The number of nitrogens with zero attached hydrogens (tertiary/aromatic N) is 1. The van der Waals surface area contributed by atoms with Gasteiger partial charge in [0.05, 0.1) is 17.5 Å². The van der Waals surface area contributed by atoms with Crippen molar-refractivity contribution in [3.05, 3.63) is 48.6 Å². The van der Waals surface area contributed by atoms with E-state index >= 15 is 0 Å². The predicted molar refractivity (Wildman–Crippen MR) is 189 cm³/mol. The van der Waals surface area contributed by atoms with Gasteiger partial charge < -0.3 is 25.6 Å². The van der Waals surface area contributed by atoms with Crippen molar-refractivity contribution in [2.45, 2.75) is 109 Å². The fourth-order valence-corrected chi connectivity index (χ4v) is 8.81. The molecule has 5 atom stereocenters. The van der Waals surface area contributed by atoms with Crippen LogP contribution in [-0.2, 0) is 39.5 Å². The summed E-state index contributed by atoms with van der Waals surface area (Å²) in [6, 6.07) is 5.67. The number of allylic oxidation sites excluding steroid dienone is 1. The number of benzene rings is 1. The zero-order valence-corrected chi connectivity index (χ0v) is 30.9. The number of hydrogen-bond acceptors (Lipinski definition) is 8. The van der Waals surface area contributed by atoms with E-state index in [1.54, 1.807) is 62.1 Å². The van der Waals surface area contributed by atoms with Crippen LogP contribution in [0.3, 0.4) is 0 Å². The number of alkyl carbamates (subject to hydrolysis) is 1. The molecule has 0 radical (unpaired) electrons. The van der Waals surface area contributed by atoms with Crippen molar-refractivity contribution >= 4 is 39.4 Å². The van der Waals surface area contributed by atoms with Crippen LogP contribution in [0.5, 0.6) is 0 Å². The van der Waals surface area contributed by atoms with Crippen molar-refractivity contribution in [1.29, 1.82) is 0 Å². The number of ether oxygens (including phenoxy) is 1. The van der Waals surface area contributed by atoms with Crippen molar-refractivity contribution in [1.82, 2.24) is 20.9 Å². The molecule has 2 aliphatic carbocycles. The van der Waals surface area contributed by atoms with E-state index in [1.165, 1.54) is 0 Å². The zero-order chi connectivity index (χ0) is 36.9. The maximum Gasteiger partial charge on any atom is 0.408 e. The maximum atomic E-state index is 14.3. The Morgan fingerprint density at radius 2 is 1.70 bits per heavy atom. The number of ketones is 1. The van der Waals surface area contributed by atoms with Crippen molar-refractivity contribution in [2.75, 3.05) is 18.8 Å². The van der Waals surface area contributed by atoms with Gasteiger partial charge in [0.2, 0.25) is 17.6 Å². The number of piperidine rings is 1. The lowest BCUT2D eigenvalue weighted by Crippen LogP contribution is -2.60. The third-order valence-electron chi connectivity index (χ3n) is 10.3. The Labute approximate surface area is 296 Å². The Kier molecular flexibility index (Phi) is 12.6. The van der Waals surface area contributed by atoms with Crippen LogP contribution in [0.25, 0.3) is 0 Å². The van der Waals surface area contributed by atoms with Crippen LogP contribution >= 0.6 is 0 Å². The molecule has 0 unspecified atom stereocenters. The topological polar surface area (TPSA) is 168 Å². The van der Waals surface area contributed by atoms with Gasteiger partial charge in [0.1, 0.15) is 17.7 Å². The average molecular weight is 715 g/mol. The second kappa shape index (κ2) is 16.1. The van der Waals surface area contributed by atoms with Crippen LogP contribution in [-0.4, -0.2) is 85.5 Å². The second-order valence-electron chi connectivity index (χ2n) is 15.5. The lowest BCUT2D eigenvalue weighted by atomic mass is 9.83. The normalized spacial score (nSPS) is 22.7. The van der Waals surface area contributed by atoms with E-state index in [9.17, 15) is 32.4 Å². The Morgan fingerprint density at radius 3 is 2.32 bits per heavy atom. The Morgan fingerprint density at radius 1 is 1.04 bits per heavy atom. The summed E-state index contributed by atoms with van der Waals surface area (Å²) in [7, 11) is -3.56. The van der Waals surface area contributed by atoms with Gasteiger partial charge >= 0.3 is 6.09 Å². The molecule has 4 rings (SSSR count). The van der Waals surface area contributed by atoms with Gasteiger partial charge in [0.15, 0.2) is 9.84 Å². The highest BCUT2D eigenvalue weighted by atomic mass is 32.2. The minimum absolute atomic E-state index is 0.0548. The molecule has 3 N–H and O–H groups in total. The highest BCUT2D eigenvalue weighted by Gasteiger charge is 2.69. The van der Waals surface area contributed by atoms with E-state index in [-0.39, 0.29) is 53.5 Å². The average Bonchev–Trinajstić information content (AvgIpc) is 3.35. The molecular formula is C37H54N4O8S. The van der Waals surface area contributed by atoms with Crippen LogP contribution in [0.1, 0.15) is 85.1 Å². The van der Waals surface area contributed by atoms with E-state index < -0.39 is 57.3 Å². The van der Waals surface area contributed by atoms with Gasteiger partial charge in [-0.3, -0.25) is 19.2 Å². The summed E-state index contributed by atoms with van der Waals surface area (Å²) in [6.45, 7) is 13.1. The molecule has 1 aromatic carbocycles. The zero-order valence-electron chi connectivity index (χ0n) is 30.0. The fourth-order valence-electron chi connectivity index (χ4n) is 7.55. The Bertz CT molecular complexity index is 1530.